The first-order valence-corrected chi connectivity index (χ1v) is 8.01. The second-order valence-corrected chi connectivity index (χ2v) is 6.39. The SMILES string of the molecule is CCCOc1ccc(S(=O)(=O)NC)c2ccc(Cl)nc12. The van der Waals surface area contributed by atoms with Crippen molar-refractivity contribution in [3.05, 3.63) is 29.4 Å². The summed E-state index contributed by atoms with van der Waals surface area (Å²) in [6.07, 6.45) is 0.846. The second-order valence-electron chi connectivity index (χ2n) is 4.15. The summed E-state index contributed by atoms with van der Waals surface area (Å²) < 4.78 is 31.9. The molecule has 0 aliphatic rings. The van der Waals surface area contributed by atoms with Crippen LogP contribution in [-0.2, 0) is 10.0 Å². The summed E-state index contributed by atoms with van der Waals surface area (Å²) in [7, 11) is -2.20. The maximum atomic E-state index is 12.0. The van der Waals surface area contributed by atoms with E-state index in [0.29, 0.717) is 23.3 Å². The molecule has 0 radical (unpaired) electrons. The third kappa shape index (κ3) is 2.87. The van der Waals surface area contributed by atoms with Crippen LogP contribution >= 0.6 is 11.6 Å². The average Bonchev–Trinajstić information content (AvgIpc) is 2.44. The van der Waals surface area contributed by atoms with Gasteiger partial charge in [-0.25, -0.2) is 18.1 Å². The summed E-state index contributed by atoms with van der Waals surface area (Å²) >= 11 is 5.89. The van der Waals surface area contributed by atoms with Crippen molar-refractivity contribution in [3.8, 4) is 5.75 Å². The first-order valence-electron chi connectivity index (χ1n) is 6.15. The molecule has 1 aromatic heterocycles. The molecule has 0 atom stereocenters. The fourth-order valence-electron chi connectivity index (χ4n) is 1.81. The van der Waals surface area contributed by atoms with Crippen LogP contribution in [0, 0.1) is 0 Å². The quantitative estimate of drug-likeness (QED) is 0.861. The van der Waals surface area contributed by atoms with Gasteiger partial charge in [-0.1, -0.05) is 18.5 Å². The summed E-state index contributed by atoms with van der Waals surface area (Å²) in [5.41, 5.74) is 0.447. The van der Waals surface area contributed by atoms with Gasteiger partial charge in [0, 0.05) is 5.39 Å². The van der Waals surface area contributed by atoms with Gasteiger partial charge < -0.3 is 4.74 Å². The molecule has 0 amide bonds. The molecule has 0 bridgehead atoms. The molecule has 2 rings (SSSR count). The van der Waals surface area contributed by atoms with Crippen LogP contribution in [0.1, 0.15) is 13.3 Å². The van der Waals surface area contributed by atoms with Crippen molar-refractivity contribution < 1.29 is 13.2 Å². The van der Waals surface area contributed by atoms with Gasteiger partial charge in [0.05, 0.1) is 11.5 Å². The molecule has 1 heterocycles. The van der Waals surface area contributed by atoms with Crippen LogP contribution in [0.15, 0.2) is 29.2 Å². The van der Waals surface area contributed by atoms with Crippen molar-refractivity contribution in [2.75, 3.05) is 13.7 Å². The van der Waals surface area contributed by atoms with Gasteiger partial charge in [0.15, 0.2) is 0 Å². The summed E-state index contributed by atoms with van der Waals surface area (Å²) in [4.78, 5) is 4.34. The van der Waals surface area contributed by atoms with E-state index in [1.807, 2.05) is 6.92 Å². The first kappa shape index (κ1) is 15.0. The number of nitrogens with one attached hydrogen (secondary N) is 1. The van der Waals surface area contributed by atoms with Crippen molar-refractivity contribution in [1.29, 1.82) is 0 Å². The molecule has 0 saturated heterocycles. The number of nitrogens with zero attached hydrogens (tertiary/aromatic N) is 1. The van der Waals surface area contributed by atoms with Crippen molar-refractivity contribution in [3.63, 3.8) is 0 Å². The number of hydrogen-bond acceptors (Lipinski definition) is 4. The molecular weight excluding hydrogens is 300 g/mol. The van der Waals surface area contributed by atoms with E-state index in [4.69, 9.17) is 16.3 Å². The Bertz CT molecular complexity index is 732. The lowest BCUT2D eigenvalue weighted by atomic mass is 10.2. The smallest absolute Gasteiger partial charge is 0.240 e. The minimum atomic E-state index is -3.56. The molecule has 0 unspecified atom stereocenters. The highest BCUT2D eigenvalue weighted by molar-refractivity contribution is 7.89. The van der Waals surface area contributed by atoms with E-state index in [9.17, 15) is 8.42 Å². The van der Waals surface area contributed by atoms with Crippen LogP contribution < -0.4 is 9.46 Å². The molecule has 0 aliphatic heterocycles. The zero-order chi connectivity index (χ0) is 14.8. The Kier molecular flexibility index (Phi) is 4.47. The van der Waals surface area contributed by atoms with Gasteiger partial charge in [0.25, 0.3) is 0 Å². The molecule has 108 valence electrons. The third-order valence-corrected chi connectivity index (χ3v) is 4.45. The Hall–Kier alpha value is -1.37. The molecule has 0 spiro atoms. The molecular formula is C13H15ClN2O3S. The van der Waals surface area contributed by atoms with Crippen LogP contribution in [0.25, 0.3) is 10.9 Å². The molecule has 5 nitrogen and oxygen atoms in total. The lowest BCUT2D eigenvalue weighted by Crippen LogP contribution is -2.19. The standard InChI is InChI=1S/C13H15ClN2O3S/c1-3-8-19-10-5-6-11(20(17,18)15-2)9-4-7-12(14)16-13(9)10/h4-7,15H,3,8H2,1-2H3. The Balaban J connectivity index is 2.71. The average molecular weight is 315 g/mol. The monoisotopic (exact) mass is 314 g/mol. The first-order chi connectivity index (χ1) is 9.49. The van der Waals surface area contributed by atoms with Gasteiger partial charge in [-0.15, -0.1) is 0 Å². The molecule has 2 aromatic rings. The minimum Gasteiger partial charge on any atom is -0.491 e. The largest absolute Gasteiger partial charge is 0.491 e. The number of fused-ring (bicyclic) bond motifs is 1. The number of aromatic nitrogens is 1. The van der Waals surface area contributed by atoms with Crippen LogP contribution in [0.3, 0.4) is 0 Å². The number of rotatable bonds is 5. The van der Waals surface area contributed by atoms with Crippen molar-refractivity contribution >= 4 is 32.5 Å². The molecule has 0 fully saturated rings. The van der Waals surface area contributed by atoms with E-state index in [-0.39, 0.29) is 10.0 Å². The highest BCUT2D eigenvalue weighted by atomic mass is 35.5. The Labute approximate surface area is 123 Å². The predicted octanol–water partition coefficient (Wildman–Crippen LogP) is 2.59. The Morgan fingerprint density at radius 2 is 2.05 bits per heavy atom. The number of pyridine rings is 1. The van der Waals surface area contributed by atoms with Gasteiger partial charge >= 0.3 is 0 Å². The zero-order valence-corrected chi connectivity index (χ0v) is 12.8. The summed E-state index contributed by atoms with van der Waals surface area (Å²) in [6.45, 7) is 2.52. The van der Waals surface area contributed by atoms with Crippen LogP contribution in [0.2, 0.25) is 5.15 Å². The topological polar surface area (TPSA) is 68.3 Å². The number of halogens is 1. The van der Waals surface area contributed by atoms with Gasteiger partial charge in [-0.05, 0) is 37.7 Å². The highest BCUT2D eigenvalue weighted by Crippen LogP contribution is 2.30. The fraction of sp³-hybridized carbons (Fsp3) is 0.308. The molecule has 20 heavy (non-hydrogen) atoms. The van der Waals surface area contributed by atoms with E-state index in [1.54, 1.807) is 18.2 Å². The number of sulfonamides is 1. The van der Waals surface area contributed by atoms with Crippen LogP contribution in [-0.4, -0.2) is 27.1 Å². The molecule has 0 aliphatic carbocycles. The minimum absolute atomic E-state index is 0.156. The van der Waals surface area contributed by atoms with E-state index >= 15 is 0 Å². The normalized spacial score (nSPS) is 11.8. The number of benzene rings is 1. The summed E-state index contributed by atoms with van der Waals surface area (Å²) in [6, 6.07) is 6.30. The van der Waals surface area contributed by atoms with Crippen LogP contribution in [0.4, 0.5) is 0 Å². The van der Waals surface area contributed by atoms with Crippen LogP contribution in [0.5, 0.6) is 5.75 Å². The molecule has 1 aromatic carbocycles. The van der Waals surface area contributed by atoms with Gasteiger partial charge in [-0.3, -0.25) is 0 Å². The molecule has 0 saturated carbocycles. The third-order valence-electron chi connectivity index (χ3n) is 2.77. The Morgan fingerprint density at radius 3 is 2.70 bits per heavy atom. The van der Waals surface area contributed by atoms with Gasteiger partial charge in [-0.2, -0.15) is 0 Å². The van der Waals surface area contributed by atoms with Gasteiger partial charge in [0.1, 0.15) is 16.4 Å². The zero-order valence-electron chi connectivity index (χ0n) is 11.2. The van der Waals surface area contributed by atoms with Crippen molar-refractivity contribution in [1.82, 2.24) is 9.71 Å². The lowest BCUT2D eigenvalue weighted by Gasteiger charge is -2.11. The van der Waals surface area contributed by atoms with E-state index in [1.165, 1.54) is 13.1 Å². The van der Waals surface area contributed by atoms with E-state index < -0.39 is 10.0 Å². The Morgan fingerprint density at radius 1 is 1.30 bits per heavy atom. The van der Waals surface area contributed by atoms with Crippen molar-refractivity contribution in [2.45, 2.75) is 18.2 Å². The highest BCUT2D eigenvalue weighted by Gasteiger charge is 2.18. The van der Waals surface area contributed by atoms with E-state index in [0.717, 1.165) is 6.42 Å². The fourth-order valence-corrected chi connectivity index (χ4v) is 2.88. The molecule has 7 heteroatoms. The van der Waals surface area contributed by atoms with Crippen molar-refractivity contribution in [2.24, 2.45) is 0 Å². The maximum Gasteiger partial charge on any atom is 0.240 e. The number of ether oxygens (including phenoxy) is 1. The van der Waals surface area contributed by atoms with Gasteiger partial charge in [0.2, 0.25) is 10.0 Å². The maximum absolute atomic E-state index is 12.0. The lowest BCUT2D eigenvalue weighted by molar-refractivity contribution is 0.320. The number of hydrogen-bond donors (Lipinski definition) is 1. The summed E-state index contributed by atoms with van der Waals surface area (Å²) in [5, 5.41) is 0.773. The molecule has 1 N–H and O–H groups in total. The second kappa shape index (κ2) is 5.95. The summed E-state index contributed by atoms with van der Waals surface area (Å²) in [5.74, 6) is 0.527. The van der Waals surface area contributed by atoms with E-state index in [2.05, 4.69) is 9.71 Å². The predicted molar refractivity (Wildman–Crippen MR) is 78.8 cm³/mol.